The number of nitrogens with zero attached hydrogens (tertiary/aromatic N) is 3. The van der Waals surface area contributed by atoms with Crippen LogP contribution in [0.1, 0.15) is 23.6 Å². The first-order chi connectivity index (χ1) is 12.0. The van der Waals surface area contributed by atoms with E-state index in [0.29, 0.717) is 17.1 Å². The molecule has 25 heavy (non-hydrogen) atoms. The van der Waals surface area contributed by atoms with Crippen LogP contribution in [0.15, 0.2) is 27.8 Å². The minimum Gasteiger partial charge on any atom is -0.496 e. The zero-order valence-electron chi connectivity index (χ0n) is 14.3. The maximum atomic E-state index is 12.3. The van der Waals surface area contributed by atoms with Gasteiger partial charge in [0.1, 0.15) is 5.75 Å². The van der Waals surface area contributed by atoms with E-state index in [1.165, 1.54) is 22.7 Å². The molecule has 1 aromatic carbocycles. The Morgan fingerprint density at radius 1 is 1.28 bits per heavy atom. The van der Waals surface area contributed by atoms with Crippen LogP contribution in [0.25, 0.3) is 11.2 Å². The minimum absolute atomic E-state index is 0.0755. The Labute approximate surface area is 143 Å². The summed E-state index contributed by atoms with van der Waals surface area (Å²) in [5, 5.41) is 3.35. The van der Waals surface area contributed by atoms with Crippen molar-refractivity contribution in [3.8, 4) is 5.75 Å². The standard InChI is InChI=1S/C17H19N5O3/c1-21-14-13(15(23)22(2)17(21)24)19-16(20-14)18-11-8-7-10-9(11)5-4-6-12(10)25-3/h4-6,11H,7-8H2,1-3H3,(H2,18,19,20). The lowest BCUT2D eigenvalue weighted by molar-refractivity contribution is 0.410. The fourth-order valence-electron chi connectivity index (χ4n) is 3.52. The fraction of sp³-hybridized carbons (Fsp3) is 0.353. The van der Waals surface area contributed by atoms with Crippen LogP contribution in [-0.2, 0) is 20.5 Å². The molecule has 0 amide bonds. The molecular formula is C17H19N5O3. The lowest BCUT2D eigenvalue weighted by atomic mass is 10.1. The number of hydrogen-bond donors (Lipinski definition) is 2. The number of ether oxygens (including phenoxy) is 1. The summed E-state index contributed by atoms with van der Waals surface area (Å²) in [6.45, 7) is 0. The third-order valence-electron chi connectivity index (χ3n) is 4.85. The number of aromatic nitrogens is 4. The molecule has 8 heteroatoms. The number of hydrogen-bond acceptors (Lipinski definition) is 5. The summed E-state index contributed by atoms with van der Waals surface area (Å²) >= 11 is 0. The Balaban J connectivity index is 1.75. The number of rotatable bonds is 3. The van der Waals surface area contributed by atoms with Crippen molar-refractivity contribution in [1.29, 1.82) is 0 Å². The van der Waals surface area contributed by atoms with Gasteiger partial charge in [0.2, 0.25) is 5.95 Å². The molecule has 1 aliphatic rings. The van der Waals surface area contributed by atoms with Crippen molar-refractivity contribution in [2.45, 2.75) is 18.9 Å². The molecule has 1 aliphatic carbocycles. The smallest absolute Gasteiger partial charge is 0.332 e. The van der Waals surface area contributed by atoms with Crippen molar-refractivity contribution >= 4 is 17.1 Å². The van der Waals surface area contributed by atoms with E-state index in [1.807, 2.05) is 12.1 Å². The monoisotopic (exact) mass is 341 g/mol. The number of aryl methyl sites for hydroxylation is 1. The van der Waals surface area contributed by atoms with E-state index in [9.17, 15) is 9.59 Å². The first-order valence-electron chi connectivity index (χ1n) is 8.09. The van der Waals surface area contributed by atoms with Gasteiger partial charge >= 0.3 is 5.69 Å². The van der Waals surface area contributed by atoms with E-state index in [4.69, 9.17) is 4.74 Å². The second kappa shape index (κ2) is 5.51. The number of fused-ring (bicyclic) bond motifs is 2. The van der Waals surface area contributed by atoms with Gasteiger partial charge in [0.15, 0.2) is 11.2 Å². The number of benzene rings is 1. The molecular weight excluding hydrogens is 322 g/mol. The van der Waals surface area contributed by atoms with Crippen molar-refractivity contribution in [3.05, 3.63) is 50.2 Å². The average molecular weight is 341 g/mol. The van der Waals surface area contributed by atoms with Crippen molar-refractivity contribution in [2.24, 2.45) is 14.1 Å². The Bertz CT molecular complexity index is 1090. The number of methoxy groups -OCH3 is 1. The van der Waals surface area contributed by atoms with Crippen molar-refractivity contribution in [2.75, 3.05) is 12.4 Å². The van der Waals surface area contributed by atoms with Crippen LogP contribution in [0.5, 0.6) is 5.75 Å². The maximum absolute atomic E-state index is 12.3. The molecule has 3 aromatic rings. The first kappa shape index (κ1) is 15.5. The van der Waals surface area contributed by atoms with Gasteiger partial charge in [0.05, 0.1) is 13.2 Å². The van der Waals surface area contributed by atoms with Gasteiger partial charge in [0.25, 0.3) is 5.56 Å². The Kier molecular flexibility index (Phi) is 3.41. The summed E-state index contributed by atoms with van der Waals surface area (Å²) in [5.41, 5.74) is 2.25. The molecule has 0 radical (unpaired) electrons. The van der Waals surface area contributed by atoms with E-state index < -0.39 is 5.69 Å². The quantitative estimate of drug-likeness (QED) is 0.743. The van der Waals surface area contributed by atoms with Crippen LogP contribution in [0, 0.1) is 0 Å². The van der Waals surface area contributed by atoms with Crippen molar-refractivity contribution in [1.82, 2.24) is 19.1 Å². The summed E-state index contributed by atoms with van der Waals surface area (Å²) in [4.78, 5) is 31.7. The van der Waals surface area contributed by atoms with Crippen LogP contribution in [0.4, 0.5) is 5.95 Å². The van der Waals surface area contributed by atoms with Crippen LogP contribution >= 0.6 is 0 Å². The van der Waals surface area contributed by atoms with E-state index in [-0.39, 0.29) is 11.6 Å². The average Bonchev–Trinajstić information content (AvgIpc) is 3.23. The summed E-state index contributed by atoms with van der Waals surface area (Å²) in [5.74, 6) is 1.37. The SMILES string of the molecule is COc1cccc2c1CCC2Nc1nc2c([nH]1)c(=O)n(C)c(=O)n2C. The predicted octanol–water partition coefficient (Wildman–Crippen LogP) is 1.07. The molecule has 0 aliphatic heterocycles. The number of anilines is 1. The van der Waals surface area contributed by atoms with Crippen LogP contribution < -0.4 is 21.3 Å². The van der Waals surface area contributed by atoms with Crippen LogP contribution in [-0.4, -0.2) is 26.2 Å². The molecule has 0 fully saturated rings. The topological polar surface area (TPSA) is 93.9 Å². The molecule has 8 nitrogen and oxygen atoms in total. The third-order valence-corrected chi connectivity index (χ3v) is 4.85. The summed E-state index contributed by atoms with van der Waals surface area (Å²) < 4.78 is 7.86. The first-order valence-corrected chi connectivity index (χ1v) is 8.09. The molecule has 130 valence electrons. The highest BCUT2D eigenvalue weighted by Gasteiger charge is 2.26. The van der Waals surface area contributed by atoms with E-state index in [0.717, 1.165) is 23.2 Å². The van der Waals surface area contributed by atoms with Gasteiger partial charge < -0.3 is 15.0 Å². The Hall–Kier alpha value is -3.03. The Morgan fingerprint density at radius 2 is 2.08 bits per heavy atom. The molecule has 2 aromatic heterocycles. The minimum atomic E-state index is -0.397. The fourth-order valence-corrected chi connectivity index (χ4v) is 3.52. The number of H-pyrrole nitrogens is 1. The number of aromatic amines is 1. The number of nitrogens with one attached hydrogen (secondary N) is 2. The lowest BCUT2D eigenvalue weighted by Crippen LogP contribution is -2.36. The van der Waals surface area contributed by atoms with Gasteiger partial charge in [-0.2, -0.15) is 4.98 Å². The largest absolute Gasteiger partial charge is 0.496 e. The van der Waals surface area contributed by atoms with Crippen LogP contribution in [0.2, 0.25) is 0 Å². The highest BCUT2D eigenvalue weighted by Crippen LogP contribution is 2.38. The second-order valence-corrected chi connectivity index (χ2v) is 6.25. The van der Waals surface area contributed by atoms with Crippen molar-refractivity contribution < 1.29 is 4.74 Å². The molecule has 0 bridgehead atoms. The molecule has 1 atom stereocenters. The highest BCUT2D eigenvalue weighted by molar-refractivity contribution is 5.72. The van der Waals surface area contributed by atoms with Crippen LogP contribution in [0.3, 0.4) is 0 Å². The van der Waals surface area contributed by atoms with Gasteiger partial charge in [0, 0.05) is 14.1 Å². The summed E-state index contributed by atoms with van der Waals surface area (Å²) in [7, 11) is 4.73. The number of imidazole rings is 1. The van der Waals surface area contributed by atoms with Gasteiger partial charge in [-0.15, -0.1) is 0 Å². The molecule has 2 N–H and O–H groups in total. The molecule has 0 spiro atoms. The highest BCUT2D eigenvalue weighted by atomic mass is 16.5. The summed E-state index contributed by atoms with van der Waals surface area (Å²) in [6.07, 6.45) is 1.82. The summed E-state index contributed by atoms with van der Waals surface area (Å²) in [6, 6.07) is 6.07. The van der Waals surface area contributed by atoms with E-state index in [2.05, 4.69) is 21.4 Å². The van der Waals surface area contributed by atoms with Gasteiger partial charge in [-0.3, -0.25) is 13.9 Å². The molecule has 4 rings (SSSR count). The molecule has 0 saturated heterocycles. The molecule has 1 unspecified atom stereocenters. The normalized spacial score (nSPS) is 16.2. The van der Waals surface area contributed by atoms with Gasteiger partial charge in [-0.1, -0.05) is 12.1 Å². The van der Waals surface area contributed by atoms with Gasteiger partial charge in [-0.25, -0.2) is 4.79 Å². The lowest BCUT2D eigenvalue weighted by Gasteiger charge is -2.13. The second-order valence-electron chi connectivity index (χ2n) is 6.25. The zero-order chi connectivity index (χ0) is 17.7. The Morgan fingerprint density at radius 3 is 2.84 bits per heavy atom. The van der Waals surface area contributed by atoms with Gasteiger partial charge in [-0.05, 0) is 30.0 Å². The third kappa shape index (κ3) is 2.25. The molecule has 0 saturated carbocycles. The van der Waals surface area contributed by atoms with E-state index >= 15 is 0 Å². The molecule has 2 heterocycles. The zero-order valence-corrected chi connectivity index (χ0v) is 14.3. The van der Waals surface area contributed by atoms with E-state index in [1.54, 1.807) is 14.2 Å². The maximum Gasteiger partial charge on any atom is 0.332 e. The van der Waals surface area contributed by atoms with Crippen molar-refractivity contribution in [3.63, 3.8) is 0 Å². The predicted molar refractivity (Wildman–Crippen MR) is 94.3 cm³/mol.